The van der Waals surface area contributed by atoms with E-state index in [1.165, 1.54) is 6.33 Å². The summed E-state index contributed by atoms with van der Waals surface area (Å²) in [5.74, 6) is 0.129. The molecular weight excluding hydrogens is 264 g/mol. The van der Waals surface area contributed by atoms with E-state index in [9.17, 15) is 5.11 Å². The van der Waals surface area contributed by atoms with Gasteiger partial charge in [0.15, 0.2) is 0 Å². The number of hydrogen-bond acceptors (Lipinski definition) is 4. The molecule has 0 aliphatic rings. The van der Waals surface area contributed by atoms with E-state index in [2.05, 4.69) is 20.2 Å². The van der Waals surface area contributed by atoms with Crippen LogP contribution < -0.4 is 0 Å². The number of H-pyrrole nitrogens is 1. The number of aromatic hydroxyl groups is 1. The standard InChI is InChI=1S/C13H9ClN4O/c14-8-1-2-12(19)9(5-8)13-10(6-17-18-13)11-3-4-15-7-16-11/h1-7,19H,(H,17,18). The molecule has 5 nitrogen and oxygen atoms in total. The Morgan fingerprint density at radius 2 is 2.05 bits per heavy atom. The maximum atomic E-state index is 9.94. The fraction of sp³-hybridized carbons (Fsp3) is 0. The zero-order valence-corrected chi connectivity index (χ0v) is 10.5. The molecule has 6 heteroatoms. The molecule has 0 radical (unpaired) electrons. The van der Waals surface area contributed by atoms with Crippen LogP contribution in [0.3, 0.4) is 0 Å². The Morgan fingerprint density at radius 1 is 1.16 bits per heavy atom. The molecule has 3 rings (SSSR count). The van der Waals surface area contributed by atoms with Crippen molar-refractivity contribution in [1.29, 1.82) is 0 Å². The Kier molecular flexibility index (Phi) is 2.89. The number of nitrogens with zero attached hydrogens (tertiary/aromatic N) is 3. The minimum atomic E-state index is 0.129. The minimum absolute atomic E-state index is 0.129. The van der Waals surface area contributed by atoms with Crippen molar-refractivity contribution in [1.82, 2.24) is 20.2 Å². The molecule has 0 aliphatic heterocycles. The highest BCUT2D eigenvalue weighted by Crippen LogP contribution is 2.35. The predicted molar refractivity (Wildman–Crippen MR) is 71.7 cm³/mol. The number of phenols is 1. The first-order valence-corrected chi connectivity index (χ1v) is 5.92. The minimum Gasteiger partial charge on any atom is -0.507 e. The Balaban J connectivity index is 2.18. The van der Waals surface area contributed by atoms with Gasteiger partial charge in [0.25, 0.3) is 0 Å². The summed E-state index contributed by atoms with van der Waals surface area (Å²) in [5.41, 5.74) is 2.75. The van der Waals surface area contributed by atoms with Gasteiger partial charge in [-0.3, -0.25) is 5.10 Å². The van der Waals surface area contributed by atoms with Gasteiger partial charge in [-0.25, -0.2) is 9.97 Å². The van der Waals surface area contributed by atoms with Crippen molar-refractivity contribution in [3.8, 4) is 28.3 Å². The van der Waals surface area contributed by atoms with Crippen molar-refractivity contribution < 1.29 is 5.11 Å². The van der Waals surface area contributed by atoms with E-state index >= 15 is 0 Å². The highest BCUT2D eigenvalue weighted by Gasteiger charge is 2.14. The first-order valence-electron chi connectivity index (χ1n) is 5.54. The second-order valence-electron chi connectivity index (χ2n) is 3.91. The zero-order chi connectivity index (χ0) is 13.2. The number of benzene rings is 1. The van der Waals surface area contributed by atoms with Gasteiger partial charge >= 0.3 is 0 Å². The second kappa shape index (κ2) is 4.70. The highest BCUT2D eigenvalue weighted by atomic mass is 35.5. The van der Waals surface area contributed by atoms with Gasteiger partial charge in [-0.2, -0.15) is 5.10 Å². The van der Waals surface area contributed by atoms with Crippen LogP contribution in [0.4, 0.5) is 0 Å². The van der Waals surface area contributed by atoms with Crippen LogP contribution in [0.15, 0.2) is 43.0 Å². The van der Waals surface area contributed by atoms with Gasteiger partial charge in [-0.15, -0.1) is 0 Å². The van der Waals surface area contributed by atoms with Crippen molar-refractivity contribution >= 4 is 11.6 Å². The summed E-state index contributed by atoms with van der Waals surface area (Å²) in [5, 5.41) is 17.3. The Bertz CT molecular complexity index is 712. The molecule has 0 atom stereocenters. The lowest BCUT2D eigenvalue weighted by Gasteiger charge is -2.05. The Morgan fingerprint density at radius 3 is 2.84 bits per heavy atom. The van der Waals surface area contributed by atoms with Crippen LogP contribution in [-0.4, -0.2) is 25.3 Å². The van der Waals surface area contributed by atoms with E-state index in [1.54, 1.807) is 36.7 Å². The molecule has 0 bridgehead atoms. The lowest BCUT2D eigenvalue weighted by atomic mass is 10.1. The monoisotopic (exact) mass is 272 g/mol. The van der Waals surface area contributed by atoms with Crippen LogP contribution >= 0.6 is 11.6 Å². The fourth-order valence-electron chi connectivity index (χ4n) is 1.84. The van der Waals surface area contributed by atoms with E-state index < -0.39 is 0 Å². The predicted octanol–water partition coefficient (Wildman–Crippen LogP) is 2.89. The van der Waals surface area contributed by atoms with E-state index in [4.69, 9.17) is 11.6 Å². The van der Waals surface area contributed by atoms with Gasteiger partial charge in [-0.1, -0.05) is 11.6 Å². The molecule has 0 saturated carbocycles. The first kappa shape index (κ1) is 11.7. The molecular formula is C13H9ClN4O. The molecule has 0 aliphatic carbocycles. The third-order valence-corrected chi connectivity index (χ3v) is 2.96. The normalized spacial score (nSPS) is 10.6. The molecule has 0 spiro atoms. The summed E-state index contributed by atoms with van der Waals surface area (Å²) in [6.45, 7) is 0. The largest absolute Gasteiger partial charge is 0.507 e. The first-order chi connectivity index (χ1) is 9.25. The van der Waals surface area contributed by atoms with Gasteiger partial charge in [0.2, 0.25) is 0 Å². The molecule has 2 aromatic heterocycles. The summed E-state index contributed by atoms with van der Waals surface area (Å²) in [6, 6.07) is 6.62. The number of halogens is 1. The van der Waals surface area contributed by atoms with E-state index in [-0.39, 0.29) is 5.75 Å². The second-order valence-corrected chi connectivity index (χ2v) is 4.35. The van der Waals surface area contributed by atoms with Crippen molar-refractivity contribution in [3.63, 3.8) is 0 Å². The van der Waals surface area contributed by atoms with E-state index in [0.717, 1.165) is 11.3 Å². The zero-order valence-electron chi connectivity index (χ0n) is 9.71. The topological polar surface area (TPSA) is 74.7 Å². The lowest BCUT2D eigenvalue weighted by Crippen LogP contribution is -1.87. The average molecular weight is 273 g/mol. The van der Waals surface area contributed by atoms with E-state index in [1.807, 2.05) is 0 Å². The molecule has 0 saturated heterocycles. The molecule has 94 valence electrons. The summed E-state index contributed by atoms with van der Waals surface area (Å²) >= 11 is 5.96. The van der Waals surface area contributed by atoms with Crippen LogP contribution in [0, 0.1) is 0 Å². The molecule has 0 unspecified atom stereocenters. The van der Waals surface area contributed by atoms with Crippen LogP contribution in [0.2, 0.25) is 5.02 Å². The van der Waals surface area contributed by atoms with Crippen LogP contribution in [0.25, 0.3) is 22.5 Å². The molecule has 0 amide bonds. The van der Waals surface area contributed by atoms with Gasteiger partial charge in [0.05, 0.1) is 17.6 Å². The van der Waals surface area contributed by atoms with Crippen molar-refractivity contribution in [2.45, 2.75) is 0 Å². The Hall–Kier alpha value is -2.40. The number of phenolic OH excluding ortho intramolecular Hbond substituents is 1. The fourth-order valence-corrected chi connectivity index (χ4v) is 2.02. The average Bonchev–Trinajstić information content (AvgIpc) is 2.91. The quantitative estimate of drug-likeness (QED) is 0.752. The van der Waals surface area contributed by atoms with Crippen LogP contribution in [0.5, 0.6) is 5.75 Å². The van der Waals surface area contributed by atoms with Crippen LogP contribution in [-0.2, 0) is 0 Å². The molecule has 19 heavy (non-hydrogen) atoms. The molecule has 0 fully saturated rings. The maximum absolute atomic E-state index is 9.94. The Labute approximate surface area is 113 Å². The third kappa shape index (κ3) is 2.15. The molecule has 1 aromatic carbocycles. The van der Waals surface area contributed by atoms with Crippen molar-refractivity contribution in [2.75, 3.05) is 0 Å². The third-order valence-electron chi connectivity index (χ3n) is 2.73. The van der Waals surface area contributed by atoms with Crippen molar-refractivity contribution in [2.24, 2.45) is 0 Å². The van der Waals surface area contributed by atoms with Crippen molar-refractivity contribution in [3.05, 3.63) is 48.0 Å². The molecule has 3 aromatic rings. The highest BCUT2D eigenvalue weighted by molar-refractivity contribution is 6.31. The number of rotatable bonds is 2. The van der Waals surface area contributed by atoms with Gasteiger partial charge in [0.1, 0.15) is 12.1 Å². The smallest absolute Gasteiger partial charge is 0.125 e. The van der Waals surface area contributed by atoms with Crippen LogP contribution in [0.1, 0.15) is 0 Å². The number of hydrogen-bond donors (Lipinski definition) is 2. The summed E-state index contributed by atoms with van der Waals surface area (Å²) in [4.78, 5) is 8.05. The number of aromatic amines is 1. The van der Waals surface area contributed by atoms with E-state index in [0.29, 0.717) is 16.3 Å². The molecule has 2 heterocycles. The van der Waals surface area contributed by atoms with Gasteiger partial charge in [0, 0.05) is 22.3 Å². The summed E-state index contributed by atoms with van der Waals surface area (Å²) < 4.78 is 0. The summed E-state index contributed by atoms with van der Waals surface area (Å²) in [7, 11) is 0. The SMILES string of the molecule is Oc1ccc(Cl)cc1-c1[nH]ncc1-c1ccncn1. The van der Waals surface area contributed by atoms with Gasteiger partial charge in [-0.05, 0) is 24.3 Å². The lowest BCUT2D eigenvalue weighted by molar-refractivity contribution is 0.477. The van der Waals surface area contributed by atoms with Gasteiger partial charge < -0.3 is 5.11 Å². The summed E-state index contributed by atoms with van der Waals surface area (Å²) in [6.07, 6.45) is 4.76. The number of aromatic nitrogens is 4. The maximum Gasteiger partial charge on any atom is 0.125 e. The molecule has 2 N–H and O–H groups in total. The number of nitrogens with one attached hydrogen (secondary N) is 1.